The molecule has 2 N–H and O–H groups in total. The standard InChI is InChI=1S/C20H22FN3O5S2/c21-17-10-22-20(30-17)23-19(26)18(24-29-11-12-1-4-14(25)9-12)13-2-5-15(6-3-13)31(27,28)16-7-8-16/h2-3,5-6,10,12,14,16,25H,1,4,7-9,11H2,(H,22,23,26)/b24-18+/t12-,14?/m0/s1. The van der Waals surface area contributed by atoms with E-state index in [2.05, 4.69) is 15.5 Å². The van der Waals surface area contributed by atoms with Crippen LogP contribution in [-0.2, 0) is 19.5 Å². The number of aliphatic hydroxyl groups excluding tert-OH is 1. The minimum atomic E-state index is -3.35. The normalized spacial score (nSPS) is 21.8. The SMILES string of the molecule is O=C(Nc1ncc(F)s1)/C(=N/OC[C@H]1CCC(O)C1)c1ccc(S(=O)(=O)C2CC2)cc1. The minimum Gasteiger partial charge on any atom is -0.395 e. The van der Waals surface area contributed by atoms with Crippen molar-refractivity contribution in [2.75, 3.05) is 11.9 Å². The molecule has 2 atom stereocenters. The maximum Gasteiger partial charge on any atom is 0.280 e. The van der Waals surface area contributed by atoms with E-state index in [9.17, 15) is 22.7 Å². The predicted molar refractivity (Wildman–Crippen MR) is 113 cm³/mol. The number of amides is 1. The second kappa shape index (κ2) is 9.01. The van der Waals surface area contributed by atoms with Crippen LogP contribution in [0.4, 0.5) is 9.52 Å². The molecular weight excluding hydrogens is 445 g/mol. The summed E-state index contributed by atoms with van der Waals surface area (Å²) in [5.74, 6) is -0.513. The van der Waals surface area contributed by atoms with Crippen LogP contribution in [0.15, 0.2) is 40.5 Å². The molecule has 0 spiro atoms. The summed E-state index contributed by atoms with van der Waals surface area (Å²) in [6.07, 6.45) is 4.10. The molecule has 1 aromatic heterocycles. The van der Waals surface area contributed by atoms with Crippen molar-refractivity contribution < 1.29 is 27.5 Å². The summed E-state index contributed by atoms with van der Waals surface area (Å²) < 4.78 is 38.0. The van der Waals surface area contributed by atoms with Gasteiger partial charge in [0.25, 0.3) is 5.91 Å². The molecule has 11 heteroatoms. The number of aromatic nitrogens is 1. The minimum absolute atomic E-state index is 0.0713. The number of anilines is 1. The van der Waals surface area contributed by atoms with Crippen LogP contribution < -0.4 is 5.32 Å². The maximum atomic E-state index is 13.2. The number of hydrogen-bond donors (Lipinski definition) is 2. The number of halogens is 1. The molecule has 1 amide bonds. The molecule has 2 aliphatic rings. The molecule has 1 heterocycles. The van der Waals surface area contributed by atoms with Crippen molar-refractivity contribution in [2.45, 2.75) is 48.4 Å². The second-order valence-corrected chi connectivity index (χ2v) is 11.0. The van der Waals surface area contributed by atoms with Crippen LogP contribution in [0.25, 0.3) is 0 Å². The number of nitrogens with one attached hydrogen (secondary N) is 1. The molecule has 0 aliphatic heterocycles. The maximum absolute atomic E-state index is 13.2. The van der Waals surface area contributed by atoms with Gasteiger partial charge in [0, 0.05) is 5.56 Å². The smallest absolute Gasteiger partial charge is 0.280 e. The number of thiazole rings is 1. The highest BCUT2D eigenvalue weighted by atomic mass is 32.2. The Morgan fingerprint density at radius 2 is 2.00 bits per heavy atom. The quantitative estimate of drug-likeness (QED) is 0.455. The van der Waals surface area contributed by atoms with Gasteiger partial charge in [-0.3, -0.25) is 10.1 Å². The van der Waals surface area contributed by atoms with Gasteiger partial charge in [-0.25, -0.2) is 13.4 Å². The first kappa shape index (κ1) is 21.8. The third-order valence-electron chi connectivity index (χ3n) is 5.31. The van der Waals surface area contributed by atoms with E-state index in [1.807, 2.05) is 0 Å². The fraction of sp³-hybridized carbons (Fsp3) is 0.450. The number of rotatable bonds is 8. The van der Waals surface area contributed by atoms with E-state index < -0.39 is 20.9 Å². The van der Waals surface area contributed by atoms with Crippen molar-refractivity contribution in [3.63, 3.8) is 0 Å². The number of benzene rings is 1. The highest BCUT2D eigenvalue weighted by molar-refractivity contribution is 7.92. The predicted octanol–water partition coefficient (Wildman–Crippen LogP) is 2.74. The molecule has 166 valence electrons. The van der Waals surface area contributed by atoms with Crippen LogP contribution in [0.2, 0.25) is 0 Å². The van der Waals surface area contributed by atoms with Gasteiger partial charge in [-0.05, 0) is 50.2 Å². The van der Waals surface area contributed by atoms with Crippen molar-refractivity contribution in [3.05, 3.63) is 41.2 Å². The number of sulfone groups is 1. The second-order valence-electron chi connectivity index (χ2n) is 7.76. The molecule has 2 fully saturated rings. The van der Waals surface area contributed by atoms with Gasteiger partial charge >= 0.3 is 0 Å². The first-order valence-corrected chi connectivity index (χ1v) is 12.3. The molecular formula is C20H22FN3O5S2. The molecule has 4 rings (SSSR count). The molecule has 2 saturated carbocycles. The van der Waals surface area contributed by atoms with Gasteiger partial charge in [-0.15, -0.1) is 0 Å². The Labute approximate surface area is 183 Å². The van der Waals surface area contributed by atoms with Crippen molar-refractivity contribution >= 4 is 37.9 Å². The van der Waals surface area contributed by atoms with Crippen molar-refractivity contribution in [1.29, 1.82) is 0 Å². The highest BCUT2D eigenvalue weighted by Crippen LogP contribution is 2.33. The lowest BCUT2D eigenvalue weighted by Crippen LogP contribution is -2.24. The number of nitrogens with zero attached hydrogens (tertiary/aromatic N) is 2. The van der Waals surface area contributed by atoms with Crippen LogP contribution in [0.5, 0.6) is 0 Å². The summed E-state index contributed by atoms with van der Waals surface area (Å²) in [6, 6.07) is 5.89. The lowest BCUT2D eigenvalue weighted by atomic mass is 10.1. The third-order valence-corrected chi connectivity index (χ3v) is 8.29. The van der Waals surface area contributed by atoms with E-state index in [-0.39, 0.29) is 39.6 Å². The van der Waals surface area contributed by atoms with E-state index in [0.717, 1.165) is 12.6 Å². The summed E-state index contributed by atoms with van der Waals surface area (Å²) in [4.78, 5) is 22.1. The number of carbonyl (C=O) groups excluding carboxylic acids is 1. The summed E-state index contributed by atoms with van der Waals surface area (Å²) in [7, 11) is -3.35. The monoisotopic (exact) mass is 467 g/mol. The van der Waals surface area contributed by atoms with Crippen molar-refractivity contribution in [1.82, 2.24) is 4.98 Å². The Morgan fingerprint density at radius 1 is 1.26 bits per heavy atom. The Bertz CT molecular complexity index is 1080. The molecule has 31 heavy (non-hydrogen) atoms. The van der Waals surface area contributed by atoms with Crippen LogP contribution >= 0.6 is 11.3 Å². The van der Waals surface area contributed by atoms with E-state index in [0.29, 0.717) is 42.6 Å². The molecule has 0 saturated heterocycles. The Morgan fingerprint density at radius 3 is 2.58 bits per heavy atom. The van der Waals surface area contributed by atoms with Crippen LogP contribution in [0.1, 0.15) is 37.7 Å². The van der Waals surface area contributed by atoms with Gasteiger partial charge in [-0.2, -0.15) is 4.39 Å². The number of aliphatic hydroxyl groups is 1. The molecule has 0 radical (unpaired) electrons. The average molecular weight is 468 g/mol. The van der Waals surface area contributed by atoms with Gasteiger partial charge in [0.2, 0.25) is 0 Å². The van der Waals surface area contributed by atoms with E-state index in [1.54, 1.807) is 0 Å². The third kappa shape index (κ3) is 5.28. The Hall–Kier alpha value is -2.37. The van der Waals surface area contributed by atoms with Gasteiger partial charge in [-0.1, -0.05) is 28.6 Å². The zero-order valence-corrected chi connectivity index (χ0v) is 18.2. The summed E-state index contributed by atoms with van der Waals surface area (Å²) in [5.41, 5.74) is 0.278. The number of hydrogen-bond acceptors (Lipinski definition) is 8. The largest absolute Gasteiger partial charge is 0.395 e. The lowest BCUT2D eigenvalue weighted by Gasteiger charge is -2.10. The lowest BCUT2D eigenvalue weighted by molar-refractivity contribution is -0.110. The highest BCUT2D eigenvalue weighted by Gasteiger charge is 2.36. The van der Waals surface area contributed by atoms with E-state index in [4.69, 9.17) is 4.84 Å². The van der Waals surface area contributed by atoms with Crippen LogP contribution in [-0.4, -0.2) is 48.1 Å². The molecule has 8 nitrogen and oxygen atoms in total. The fourth-order valence-corrected chi connectivity index (χ4v) is 5.67. The first-order valence-electron chi connectivity index (χ1n) is 9.98. The number of oxime groups is 1. The van der Waals surface area contributed by atoms with Gasteiger partial charge in [0.05, 0.1) is 22.4 Å². The molecule has 1 aromatic carbocycles. The Balaban J connectivity index is 1.53. The van der Waals surface area contributed by atoms with E-state index >= 15 is 0 Å². The summed E-state index contributed by atoms with van der Waals surface area (Å²) >= 11 is 0.676. The van der Waals surface area contributed by atoms with Crippen molar-refractivity contribution in [2.24, 2.45) is 11.1 Å². The average Bonchev–Trinajstić information content (AvgIpc) is 3.42. The summed E-state index contributed by atoms with van der Waals surface area (Å²) in [6.45, 7) is 0.244. The molecule has 1 unspecified atom stereocenters. The first-order chi connectivity index (χ1) is 14.8. The zero-order valence-electron chi connectivity index (χ0n) is 16.5. The topological polar surface area (TPSA) is 118 Å². The Kier molecular flexibility index (Phi) is 6.35. The van der Waals surface area contributed by atoms with Gasteiger partial charge < -0.3 is 9.94 Å². The van der Waals surface area contributed by atoms with Crippen molar-refractivity contribution in [3.8, 4) is 0 Å². The summed E-state index contributed by atoms with van der Waals surface area (Å²) in [5, 5.41) is 15.3. The van der Waals surface area contributed by atoms with E-state index in [1.165, 1.54) is 24.3 Å². The van der Waals surface area contributed by atoms with Gasteiger partial charge in [0.15, 0.2) is 25.8 Å². The molecule has 0 bridgehead atoms. The molecule has 2 aliphatic carbocycles. The van der Waals surface area contributed by atoms with Crippen LogP contribution in [0.3, 0.4) is 0 Å². The van der Waals surface area contributed by atoms with Crippen LogP contribution in [0, 0.1) is 11.0 Å². The van der Waals surface area contributed by atoms with Gasteiger partial charge in [0.1, 0.15) is 6.61 Å². The fourth-order valence-electron chi connectivity index (χ4n) is 3.47. The molecule has 2 aromatic rings. The zero-order chi connectivity index (χ0) is 22.0. The number of carbonyl (C=O) groups is 1.